The van der Waals surface area contributed by atoms with E-state index in [1.807, 2.05) is 5.38 Å². The summed E-state index contributed by atoms with van der Waals surface area (Å²) in [7, 11) is -3.50. The molecule has 2 heterocycles. The molecule has 3 fully saturated rings. The average molecular weight is 325 g/mol. The molecule has 2 bridgehead atoms. The highest BCUT2D eigenvalue weighted by molar-refractivity contribution is 7.90. The number of nitrogens with zero attached hydrogens (tertiary/aromatic N) is 1. The van der Waals surface area contributed by atoms with E-state index in [-0.39, 0.29) is 28.5 Å². The lowest BCUT2D eigenvalue weighted by atomic mass is 9.69. The Morgan fingerprint density at radius 3 is 2.81 bits per heavy atom. The largest absolute Gasteiger partial charge is 0.268 e. The van der Waals surface area contributed by atoms with E-state index in [0.717, 1.165) is 19.3 Å². The van der Waals surface area contributed by atoms with Gasteiger partial charge in [0, 0.05) is 10.8 Å². The van der Waals surface area contributed by atoms with Crippen LogP contribution in [0, 0.1) is 16.7 Å². The number of carbonyl (C=O) groups excluding carboxylic acids is 1. The minimum absolute atomic E-state index is 0.00835. The highest BCUT2D eigenvalue weighted by atomic mass is 32.2. The third kappa shape index (κ3) is 1.50. The Kier molecular flexibility index (Phi) is 2.56. The van der Waals surface area contributed by atoms with E-state index in [2.05, 4.69) is 13.8 Å². The molecule has 0 aromatic carbocycles. The molecule has 1 aromatic heterocycles. The van der Waals surface area contributed by atoms with Gasteiger partial charge in [0.15, 0.2) is 0 Å². The van der Waals surface area contributed by atoms with Gasteiger partial charge < -0.3 is 0 Å². The van der Waals surface area contributed by atoms with E-state index < -0.39 is 10.0 Å². The summed E-state index contributed by atoms with van der Waals surface area (Å²) in [6.07, 6.45) is 2.86. The molecule has 1 aliphatic heterocycles. The van der Waals surface area contributed by atoms with Crippen LogP contribution in [0.1, 0.15) is 43.5 Å². The molecule has 1 spiro atoms. The maximum Gasteiger partial charge on any atom is 0.268 e. The maximum absolute atomic E-state index is 12.7. The smallest absolute Gasteiger partial charge is 0.268 e. The van der Waals surface area contributed by atoms with Crippen molar-refractivity contribution in [3.63, 3.8) is 0 Å². The van der Waals surface area contributed by atoms with Crippen LogP contribution in [-0.2, 0) is 10.0 Å². The second kappa shape index (κ2) is 3.90. The average Bonchev–Trinajstić information content (AvgIpc) is 3.08. The molecule has 3 atom stereocenters. The highest BCUT2D eigenvalue weighted by Crippen LogP contribution is 2.70. The lowest BCUT2D eigenvalue weighted by molar-refractivity contribution is 0.0701. The zero-order valence-corrected chi connectivity index (χ0v) is 13.8. The van der Waals surface area contributed by atoms with Crippen LogP contribution in [0.4, 0.5) is 0 Å². The SMILES string of the molecule is CC1(C)[C@@H]2CC[C@@]13CS(=O)(=O)N(C(=O)c1ccsc1)[C@@H]3C2. The third-order valence-corrected chi connectivity index (χ3v) is 8.96. The summed E-state index contributed by atoms with van der Waals surface area (Å²) in [4.78, 5) is 12.7. The van der Waals surface area contributed by atoms with Crippen molar-refractivity contribution in [2.24, 2.45) is 16.7 Å². The second-order valence-electron chi connectivity index (χ2n) is 7.23. The van der Waals surface area contributed by atoms with Crippen LogP contribution in [0.2, 0.25) is 0 Å². The summed E-state index contributed by atoms with van der Waals surface area (Å²) in [6, 6.07) is 1.58. The minimum atomic E-state index is -3.50. The molecule has 0 unspecified atom stereocenters. The molecule has 2 saturated carbocycles. The van der Waals surface area contributed by atoms with E-state index in [1.165, 1.54) is 15.6 Å². The first-order valence-corrected chi connectivity index (χ1v) is 9.93. The van der Waals surface area contributed by atoms with Crippen LogP contribution in [0.3, 0.4) is 0 Å². The normalized spacial score (nSPS) is 38.7. The molecule has 4 nitrogen and oxygen atoms in total. The fraction of sp³-hybridized carbons (Fsp3) is 0.667. The molecule has 3 aliphatic rings. The fourth-order valence-corrected chi connectivity index (χ4v) is 8.23. The van der Waals surface area contributed by atoms with Gasteiger partial charge in [0.2, 0.25) is 10.0 Å². The first-order chi connectivity index (χ1) is 9.80. The summed E-state index contributed by atoms with van der Waals surface area (Å²) >= 11 is 1.42. The predicted molar refractivity (Wildman–Crippen MR) is 81.6 cm³/mol. The Morgan fingerprint density at radius 1 is 1.43 bits per heavy atom. The fourth-order valence-electron chi connectivity index (χ4n) is 5.07. The molecule has 1 saturated heterocycles. The Morgan fingerprint density at radius 2 is 2.19 bits per heavy atom. The van der Waals surface area contributed by atoms with Crippen molar-refractivity contribution in [2.45, 2.75) is 39.2 Å². The van der Waals surface area contributed by atoms with Crippen LogP contribution < -0.4 is 0 Å². The highest BCUT2D eigenvalue weighted by Gasteiger charge is 2.72. The standard InChI is InChI=1S/C15H19NO3S2/c1-14(2)11-3-5-15(14)9-21(18,19)16(12(15)7-11)13(17)10-4-6-20-8-10/h4,6,8,11-12H,3,5,7,9H2,1-2H3/t11-,12-,15+/m1/s1. The van der Waals surface area contributed by atoms with E-state index in [0.29, 0.717) is 11.5 Å². The van der Waals surface area contributed by atoms with Gasteiger partial charge >= 0.3 is 0 Å². The summed E-state index contributed by atoms with van der Waals surface area (Å²) in [5, 5.41) is 3.55. The van der Waals surface area contributed by atoms with Crippen LogP contribution in [0.25, 0.3) is 0 Å². The molecule has 1 aromatic rings. The van der Waals surface area contributed by atoms with Crippen molar-refractivity contribution in [2.75, 3.05) is 5.75 Å². The quantitative estimate of drug-likeness (QED) is 0.798. The molecule has 2 aliphatic carbocycles. The topological polar surface area (TPSA) is 54.5 Å². The van der Waals surface area contributed by atoms with Gasteiger partial charge in [-0.2, -0.15) is 11.3 Å². The van der Waals surface area contributed by atoms with Crippen LogP contribution in [-0.4, -0.2) is 30.4 Å². The van der Waals surface area contributed by atoms with Crippen molar-refractivity contribution in [1.29, 1.82) is 0 Å². The van der Waals surface area contributed by atoms with Crippen molar-refractivity contribution >= 4 is 27.3 Å². The lowest BCUT2D eigenvalue weighted by Gasteiger charge is -2.37. The number of fused-ring (bicyclic) bond motifs is 1. The zero-order valence-electron chi connectivity index (χ0n) is 12.2. The van der Waals surface area contributed by atoms with Crippen molar-refractivity contribution in [3.8, 4) is 0 Å². The maximum atomic E-state index is 12.7. The summed E-state index contributed by atoms with van der Waals surface area (Å²) in [5.41, 5.74) is 0.276. The number of thiophene rings is 1. The molecule has 6 heteroatoms. The number of amides is 1. The van der Waals surface area contributed by atoms with Gasteiger partial charge in [-0.1, -0.05) is 13.8 Å². The number of carbonyl (C=O) groups is 1. The van der Waals surface area contributed by atoms with Gasteiger partial charge in [-0.25, -0.2) is 12.7 Å². The predicted octanol–water partition coefficient (Wildman–Crippen LogP) is 2.73. The second-order valence-corrected chi connectivity index (χ2v) is 9.86. The zero-order chi connectivity index (χ0) is 15.0. The third-order valence-electron chi connectivity index (χ3n) is 6.38. The van der Waals surface area contributed by atoms with Crippen LogP contribution >= 0.6 is 11.3 Å². The van der Waals surface area contributed by atoms with Gasteiger partial charge in [-0.05, 0) is 42.0 Å². The Labute approximate surface area is 129 Å². The summed E-state index contributed by atoms with van der Waals surface area (Å²) in [6.45, 7) is 4.39. The molecule has 114 valence electrons. The lowest BCUT2D eigenvalue weighted by Crippen LogP contribution is -2.44. The molecule has 1 amide bonds. The first-order valence-electron chi connectivity index (χ1n) is 7.38. The van der Waals surface area contributed by atoms with E-state index in [1.54, 1.807) is 11.4 Å². The Hall–Kier alpha value is -0.880. The molecular weight excluding hydrogens is 306 g/mol. The van der Waals surface area contributed by atoms with E-state index in [9.17, 15) is 13.2 Å². The van der Waals surface area contributed by atoms with Crippen LogP contribution in [0.5, 0.6) is 0 Å². The first kappa shape index (κ1) is 13.8. The van der Waals surface area contributed by atoms with Crippen molar-refractivity contribution < 1.29 is 13.2 Å². The minimum Gasteiger partial charge on any atom is -0.268 e. The molecule has 0 N–H and O–H groups in total. The number of sulfonamides is 1. The van der Waals surface area contributed by atoms with Gasteiger partial charge in [0.1, 0.15) is 0 Å². The number of rotatable bonds is 1. The van der Waals surface area contributed by atoms with E-state index in [4.69, 9.17) is 0 Å². The van der Waals surface area contributed by atoms with Gasteiger partial charge in [-0.15, -0.1) is 0 Å². The van der Waals surface area contributed by atoms with Gasteiger partial charge in [0.05, 0.1) is 17.4 Å². The van der Waals surface area contributed by atoms with Crippen molar-refractivity contribution in [3.05, 3.63) is 22.4 Å². The summed E-state index contributed by atoms with van der Waals surface area (Å²) in [5.74, 6) is 0.349. The van der Waals surface area contributed by atoms with E-state index >= 15 is 0 Å². The molecule has 4 rings (SSSR count). The number of hydrogen-bond acceptors (Lipinski definition) is 4. The summed E-state index contributed by atoms with van der Waals surface area (Å²) < 4.78 is 26.6. The number of hydrogen-bond donors (Lipinski definition) is 0. The molecule has 21 heavy (non-hydrogen) atoms. The van der Waals surface area contributed by atoms with Gasteiger partial charge in [-0.3, -0.25) is 4.79 Å². The van der Waals surface area contributed by atoms with Gasteiger partial charge in [0.25, 0.3) is 5.91 Å². The molecular formula is C15H19NO3S2. The van der Waals surface area contributed by atoms with Crippen LogP contribution in [0.15, 0.2) is 16.8 Å². The molecule has 0 radical (unpaired) electrons. The Bertz CT molecular complexity index is 707. The Balaban J connectivity index is 1.82. The monoisotopic (exact) mass is 325 g/mol. The van der Waals surface area contributed by atoms with Crippen molar-refractivity contribution in [1.82, 2.24) is 4.31 Å².